The Balaban J connectivity index is 2.74. The van der Waals surface area contributed by atoms with Crippen molar-refractivity contribution in [3.63, 3.8) is 0 Å². The lowest BCUT2D eigenvalue weighted by Gasteiger charge is -2.28. The fraction of sp³-hybridized carbons (Fsp3) is 0.833. The number of hydrogen-bond acceptors (Lipinski definition) is 5. The number of nitrogens with zero attached hydrogens (tertiary/aromatic N) is 1. The molecule has 1 unspecified atom stereocenters. The summed E-state index contributed by atoms with van der Waals surface area (Å²) in [6, 6.07) is 0. The van der Waals surface area contributed by atoms with Gasteiger partial charge < -0.3 is 4.84 Å². The van der Waals surface area contributed by atoms with Crippen molar-refractivity contribution >= 4 is 29.0 Å². The van der Waals surface area contributed by atoms with E-state index in [1.54, 1.807) is 0 Å². The number of rotatable bonds is 10. The second-order valence-electron chi connectivity index (χ2n) is 6.25. The van der Waals surface area contributed by atoms with E-state index in [0.717, 1.165) is 25.0 Å². The molecule has 1 aliphatic carbocycles. The van der Waals surface area contributed by atoms with Crippen molar-refractivity contribution in [1.29, 1.82) is 0 Å². The molecule has 4 nitrogen and oxygen atoms in total. The van der Waals surface area contributed by atoms with E-state index in [0.29, 0.717) is 36.8 Å². The maximum Gasteiger partial charge on any atom is 0.149 e. The molecule has 0 saturated heterocycles. The van der Waals surface area contributed by atoms with Gasteiger partial charge >= 0.3 is 0 Å². The van der Waals surface area contributed by atoms with Crippen LogP contribution >= 0.6 is 11.8 Å². The lowest BCUT2D eigenvalue weighted by Crippen LogP contribution is -2.39. The highest BCUT2D eigenvalue weighted by molar-refractivity contribution is 7.99. The van der Waals surface area contributed by atoms with Crippen molar-refractivity contribution < 1.29 is 14.4 Å². The maximum absolute atomic E-state index is 12.6. The number of carbonyl (C=O) groups excluding carboxylic acids is 2. The standard InChI is InChI=1S/C18H31NO3S/c1-5-8-9-15(19-22-6-2)18-16(20)11-14(12-17(18)21)10-13(4)23-7-3/h13-14,18H,5-12H2,1-4H3. The van der Waals surface area contributed by atoms with Crippen LogP contribution in [0, 0.1) is 11.8 Å². The Morgan fingerprint density at radius 1 is 1.26 bits per heavy atom. The summed E-state index contributed by atoms with van der Waals surface area (Å²) in [6.45, 7) is 8.72. The van der Waals surface area contributed by atoms with Crippen LogP contribution in [0.4, 0.5) is 0 Å². The highest BCUT2D eigenvalue weighted by Crippen LogP contribution is 2.31. The predicted molar refractivity (Wildman–Crippen MR) is 97.0 cm³/mol. The predicted octanol–water partition coefficient (Wildman–Crippen LogP) is 4.27. The minimum atomic E-state index is -0.654. The molecule has 0 heterocycles. The molecule has 0 radical (unpaired) electrons. The molecule has 0 aromatic heterocycles. The minimum Gasteiger partial charge on any atom is -0.396 e. The van der Waals surface area contributed by atoms with Crippen LogP contribution in [0.2, 0.25) is 0 Å². The summed E-state index contributed by atoms with van der Waals surface area (Å²) in [5.41, 5.74) is 0.637. The Kier molecular flexibility index (Phi) is 9.53. The molecule has 0 N–H and O–H groups in total. The van der Waals surface area contributed by atoms with E-state index >= 15 is 0 Å². The van der Waals surface area contributed by atoms with Crippen LogP contribution in [0.1, 0.15) is 66.2 Å². The Morgan fingerprint density at radius 2 is 1.91 bits per heavy atom. The molecule has 0 aromatic carbocycles. The molecule has 1 fully saturated rings. The molecular weight excluding hydrogens is 310 g/mol. The van der Waals surface area contributed by atoms with Crippen molar-refractivity contribution in [1.82, 2.24) is 0 Å². The van der Waals surface area contributed by atoms with E-state index in [9.17, 15) is 9.59 Å². The minimum absolute atomic E-state index is 0.0366. The van der Waals surface area contributed by atoms with Crippen LogP contribution < -0.4 is 0 Å². The summed E-state index contributed by atoms with van der Waals surface area (Å²) in [5.74, 6) is 0.683. The molecular formula is C18H31NO3S. The van der Waals surface area contributed by atoms with Crippen LogP contribution in [0.25, 0.3) is 0 Å². The van der Waals surface area contributed by atoms with Gasteiger partial charge in [0.15, 0.2) is 0 Å². The molecule has 0 aromatic rings. The highest BCUT2D eigenvalue weighted by Gasteiger charge is 2.39. The second-order valence-corrected chi connectivity index (χ2v) is 7.96. The van der Waals surface area contributed by atoms with Gasteiger partial charge in [0, 0.05) is 18.1 Å². The van der Waals surface area contributed by atoms with E-state index in [2.05, 4.69) is 25.9 Å². The van der Waals surface area contributed by atoms with E-state index in [1.165, 1.54) is 0 Å². The summed E-state index contributed by atoms with van der Waals surface area (Å²) >= 11 is 1.89. The summed E-state index contributed by atoms with van der Waals surface area (Å²) in [5, 5.41) is 4.59. The third-order valence-electron chi connectivity index (χ3n) is 4.17. The number of Topliss-reactive ketones (excluding diaryl/α,β-unsaturated/α-hetero) is 2. The zero-order valence-corrected chi connectivity index (χ0v) is 15.8. The zero-order chi connectivity index (χ0) is 17.2. The van der Waals surface area contributed by atoms with Gasteiger partial charge in [0.05, 0.1) is 5.71 Å². The van der Waals surface area contributed by atoms with Gasteiger partial charge in [-0.2, -0.15) is 11.8 Å². The van der Waals surface area contributed by atoms with Gasteiger partial charge in [0.1, 0.15) is 24.1 Å². The van der Waals surface area contributed by atoms with Crippen LogP contribution in [0.15, 0.2) is 5.16 Å². The second kappa shape index (κ2) is 10.8. The fourth-order valence-electron chi connectivity index (χ4n) is 3.16. The Bertz CT molecular complexity index is 404. The Hall–Kier alpha value is -0.840. The Labute approximate surface area is 144 Å². The van der Waals surface area contributed by atoms with Gasteiger partial charge in [-0.15, -0.1) is 0 Å². The van der Waals surface area contributed by atoms with E-state index in [-0.39, 0.29) is 17.5 Å². The van der Waals surface area contributed by atoms with Gasteiger partial charge in [-0.1, -0.05) is 32.3 Å². The first kappa shape index (κ1) is 20.2. The fourth-order valence-corrected chi connectivity index (χ4v) is 4.14. The number of carbonyl (C=O) groups is 2. The molecule has 0 aliphatic heterocycles. The normalized spacial score (nSPS) is 23.9. The topological polar surface area (TPSA) is 55.7 Å². The summed E-state index contributed by atoms with van der Waals surface area (Å²) in [7, 11) is 0. The largest absolute Gasteiger partial charge is 0.396 e. The van der Waals surface area contributed by atoms with Crippen molar-refractivity contribution in [2.45, 2.75) is 71.5 Å². The van der Waals surface area contributed by atoms with Crippen molar-refractivity contribution in [3.05, 3.63) is 0 Å². The van der Waals surface area contributed by atoms with Crippen molar-refractivity contribution in [2.75, 3.05) is 12.4 Å². The van der Waals surface area contributed by atoms with Crippen molar-refractivity contribution in [2.24, 2.45) is 17.0 Å². The average molecular weight is 342 g/mol. The van der Waals surface area contributed by atoms with Crippen LogP contribution in [-0.4, -0.2) is 34.9 Å². The number of ketones is 2. The third-order valence-corrected chi connectivity index (χ3v) is 5.27. The molecule has 1 atom stereocenters. The SMILES string of the molecule is CCCCC(=NOCC)C1C(=O)CC(CC(C)SCC)CC1=O. The molecule has 0 spiro atoms. The van der Waals surface area contributed by atoms with Gasteiger partial charge in [0.2, 0.25) is 0 Å². The van der Waals surface area contributed by atoms with Gasteiger partial charge in [-0.05, 0) is 37.9 Å². The lowest BCUT2D eigenvalue weighted by atomic mass is 9.75. The Morgan fingerprint density at radius 3 is 2.43 bits per heavy atom. The number of unbranched alkanes of at least 4 members (excludes halogenated alkanes) is 1. The molecule has 1 saturated carbocycles. The molecule has 132 valence electrons. The quantitative estimate of drug-likeness (QED) is 0.338. The number of hydrogen-bond donors (Lipinski definition) is 0. The van der Waals surface area contributed by atoms with Gasteiger partial charge in [0.25, 0.3) is 0 Å². The molecule has 1 aliphatic rings. The van der Waals surface area contributed by atoms with E-state index < -0.39 is 5.92 Å². The molecule has 5 heteroatoms. The molecule has 0 bridgehead atoms. The van der Waals surface area contributed by atoms with E-state index in [1.807, 2.05) is 18.7 Å². The van der Waals surface area contributed by atoms with Crippen LogP contribution in [0.3, 0.4) is 0 Å². The highest BCUT2D eigenvalue weighted by atomic mass is 32.2. The first-order valence-electron chi connectivity index (χ1n) is 8.89. The smallest absolute Gasteiger partial charge is 0.149 e. The summed E-state index contributed by atoms with van der Waals surface area (Å²) in [4.78, 5) is 30.3. The molecule has 1 rings (SSSR count). The summed E-state index contributed by atoms with van der Waals surface area (Å²) in [6.07, 6.45) is 4.55. The van der Waals surface area contributed by atoms with Crippen LogP contribution in [0.5, 0.6) is 0 Å². The van der Waals surface area contributed by atoms with Gasteiger partial charge in [-0.3, -0.25) is 9.59 Å². The number of oxime groups is 1. The van der Waals surface area contributed by atoms with Gasteiger partial charge in [-0.25, -0.2) is 0 Å². The third kappa shape index (κ3) is 6.66. The maximum atomic E-state index is 12.6. The average Bonchev–Trinajstić information content (AvgIpc) is 2.48. The summed E-state index contributed by atoms with van der Waals surface area (Å²) < 4.78 is 0. The first-order chi connectivity index (χ1) is 11.0. The molecule has 0 amide bonds. The van der Waals surface area contributed by atoms with Crippen molar-refractivity contribution in [3.8, 4) is 0 Å². The zero-order valence-electron chi connectivity index (χ0n) is 15.0. The van der Waals surface area contributed by atoms with Crippen LogP contribution in [-0.2, 0) is 14.4 Å². The monoisotopic (exact) mass is 341 g/mol. The lowest BCUT2D eigenvalue weighted by molar-refractivity contribution is -0.134. The molecule has 23 heavy (non-hydrogen) atoms. The number of thioether (sulfide) groups is 1. The first-order valence-corrected chi connectivity index (χ1v) is 9.93. The van der Waals surface area contributed by atoms with E-state index in [4.69, 9.17) is 4.84 Å².